The summed E-state index contributed by atoms with van der Waals surface area (Å²) in [5, 5.41) is 0. The van der Waals surface area contributed by atoms with Gasteiger partial charge in [0.1, 0.15) is 0 Å². The van der Waals surface area contributed by atoms with Crippen LogP contribution in [0.5, 0.6) is 0 Å². The lowest BCUT2D eigenvalue weighted by Gasteiger charge is -2.13. The first kappa shape index (κ1) is 10.8. The van der Waals surface area contributed by atoms with E-state index in [-0.39, 0.29) is 11.9 Å². The predicted octanol–water partition coefficient (Wildman–Crippen LogP) is 2.66. The fraction of sp³-hybridized carbons (Fsp3) is 0.417. The summed E-state index contributed by atoms with van der Waals surface area (Å²) in [6.07, 6.45) is 0. The van der Waals surface area contributed by atoms with Gasteiger partial charge < -0.3 is 4.74 Å². The molecule has 2 nitrogen and oxygen atoms in total. The van der Waals surface area contributed by atoms with Gasteiger partial charge in [-0.2, -0.15) is 0 Å². The number of aryl methyl sites for hydroxylation is 1. The molecule has 0 saturated carbocycles. The van der Waals surface area contributed by atoms with Gasteiger partial charge in [-0.1, -0.05) is 31.2 Å². The molecule has 1 unspecified atom stereocenters. The Bertz CT molecular complexity index is 318. The van der Waals surface area contributed by atoms with Crippen LogP contribution >= 0.6 is 0 Å². The summed E-state index contributed by atoms with van der Waals surface area (Å²) in [5.74, 6) is 0.0468. The van der Waals surface area contributed by atoms with Crippen LogP contribution in [0, 0.1) is 6.92 Å². The molecule has 0 aromatic heterocycles. The average molecular weight is 192 g/mol. The van der Waals surface area contributed by atoms with Crippen molar-refractivity contribution in [3.05, 3.63) is 35.4 Å². The van der Waals surface area contributed by atoms with Gasteiger partial charge in [0.05, 0.1) is 6.61 Å². The molecular weight excluding hydrogens is 176 g/mol. The van der Waals surface area contributed by atoms with Crippen LogP contribution < -0.4 is 0 Å². The molecule has 1 atom stereocenters. The van der Waals surface area contributed by atoms with Gasteiger partial charge in [-0.3, -0.25) is 4.79 Å². The van der Waals surface area contributed by atoms with E-state index in [0.717, 1.165) is 0 Å². The van der Waals surface area contributed by atoms with Crippen molar-refractivity contribution in [1.29, 1.82) is 0 Å². The second-order valence-corrected chi connectivity index (χ2v) is 3.56. The monoisotopic (exact) mass is 192 g/mol. The molecule has 0 amide bonds. The Balaban J connectivity index is 2.65. The van der Waals surface area contributed by atoms with Crippen molar-refractivity contribution in [2.24, 2.45) is 0 Å². The van der Waals surface area contributed by atoms with Crippen molar-refractivity contribution >= 4 is 5.97 Å². The summed E-state index contributed by atoms with van der Waals surface area (Å²) in [6.45, 7) is 6.02. The van der Waals surface area contributed by atoms with E-state index in [1.165, 1.54) is 18.1 Å². The number of esters is 1. The largest absolute Gasteiger partial charge is 0.465 e. The minimum absolute atomic E-state index is 0.217. The molecule has 1 aromatic rings. The molecule has 76 valence electrons. The third-order valence-corrected chi connectivity index (χ3v) is 2.26. The minimum Gasteiger partial charge on any atom is -0.465 e. The van der Waals surface area contributed by atoms with E-state index >= 15 is 0 Å². The maximum Gasteiger partial charge on any atom is 0.302 e. The van der Waals surface area contributed by atoms with Gasteiger partial charge in [-0.25, -0.2) is 0 Å². The Kier molecular flexibility index (Phi) is 3.69. The zero-order chi connectivity index (χ0) is 10.6. The van der Waals surface area contributed by atoms with Crippen molar-refractivity contribution in [1.82, 2.24) is 0 Å². The van der Waals surface area contributed by atoms with E-state index in [2.05, 4.69) is 26.0 Å². The summed E-state index contributed by atoms with van der Waals surface area (Å²) in [5.41, 5.74) is 2.49. The summed E-state index contributed by atoms with van der Waals surface area (Å²) < 4.78 is 4.97. The number of hydrogen-bond donors (Lipinski definition) is 0. The van der Waals surface area contributed by atoms with Crippen LogP contribution in [0.1, 0.15) is 30.9 Å². The third-order valence-electron chi connectivity index (χ3n) is 2.26. The molecule has 1 rings (SSSR count). The molecular formula is C12H16O2. The third kappa shape index (κ3) is 2.87. The second-order valence-electron chi connectivity index (χ2n) is 3.56. The van der Waals surface area contributed by atoms with Gasteiger partial charge in [0, 0.05) is 12.8 Å². The highest BCUT2D eigenvalue weighted by Gasteiger charge is 2.08. The smallest absolute Gasteiger partial charge is 0.302 e. The fourth-order valence-corrected chi connectivity index (χ4v) is 1.47. The highest BCUT2D eigenvalue weighted by molar-refractivity contribution is 5.65. The lowest BCUT2D eigenvalue weighted by Crippen LogP contribution is -2.08. The zero-order valence-electron chi connectivity index (χ0n) is 8.91. The van der Waals surface area contributed by atoms with Crippen LogP contribution in [0.2, 0.25) is 0 Å². The average Bonchev–Trinajstić information content (AvgIpc) is 2.15. The van der Waals surface area contributed by atoms with E-state index in [1.807, 2.05) is 12.1 Å². The van der Waals surface area contributed by atoms with Crippen LogP contribution in [-0.4, -0.2) is 12.6 Å². The molecule has 2 heteroatoms. The number of benzene rings is 1. The standard InChI is InChI=1S/C12H16O2/c1-9-6-4-5-7-12(9)10(2)8-14-11(3)13/h4-7,10H,8H2,1-3H3. The van der Waals surface area contributed by atoms with Crippen LogP contribution in [0.15, 0.2) is 24.3 Å². The van der Waals surface area contributed by atoms with Gasteiger partial charge in [-0.15, -0.1) is 0 Å². The number of hydrogen-bond acceptors (Lipinski definition) is 2. The Morgan fingerprint density at radius 3 is 2.64 bits per heavy atom. The molecule has 0 spiro atoms. The quantitative estimate of drug-likeness (QED) is 0.688. The van der Waals surface area contributed by atoms with E-state index in [0.29, 0.717) is 6.61 Å². The highest BCUT2D eigenvalue weighted by Crippen LogP contribution is 2.19. The predicted molar refractivity (Wildman–Crippen MR) is 56.2 cm³/mol. The van der Waals surface area contributed by atoms with Gasteiger partial charge in [-0.05, 0) is 18.1 Å². The topological polar surface area (TPSA) is 26.3 Å². The van der Waals surface area contributed by atoms with Crippen molar-refractivity contribution in [3.63, 3.8) is 0 Å². The number of rotatable bonds is 3. The molecule has 0 aliphatic heterocycles. The lowest BCUT2D eigenvalue weighted by molar-refractivity contribution is -0.141. The SMILES string of the molecule is CC(=O)OCC(C)c1ccccc1C. The second kappa shape index (κ2) is 4.80. The van der Waals surface area contributed by atoms with Gasteiger partial charge in [0.25, 0.3) is 0 Å². The zero-order valence-corrected chi connectivity index (χ0v) is 8.91. The normalized spacial score (nSPS) is 12.2. The van der Waals surface area contributed by atoms with Crippen molar-refractivity contribution in [3.8, 4) is 0 Å². The van der Waals surface area contributed by atoms with Crippen LogP contribution in [0.3, 0.4) is 0 Å². The Morgan fingerprint density at radius 2 is 2.07 bits per heavy atom. The van der Waals surface area contributed by atoms with E-state index in [1.54, 1.807) is 0 Å². The molecule has 14 heavy (non-hydrogen) atoms. The van der Waals surface area contributed by atoms with Crippen LogP contribution in [-0.2, 0) is 9.53 Å². The Morgan fingerprint density at radius 1 is 1.43 bits per heavy atom. The summed E-state index contributed by atoms with van der Waals surface area (Å²) in [7, 11) is 0. The number of carbonyl (C=O) groups excluding carboxylic acids is 1. The van der Waals surface area contributed by atoms with Crippen LogP contribution in [0.25, 0.3) is 0 Å². The van der Waals surface area contributed by atoms with Gasteiger partial charge in [0.2, 0.25) is 0 Å². The summed E-state index contributed by atoms with van der Waals surface area (Å²) >= 11 is 0. The summed E-state index contributed by atoms with van der Waals surface area (Å²) in [4.78, 5) is 10.6. The molecule has 0 aliphatic rings. The first-order valence-corrected chi connectivity index (χ1v) is 4.80. The molecule has 0 fully saturated rings. The van der Waals surface area contributed by atoms with E-state index in [9.17, 15) is 4.79 Å². The molecule has 0 heterocycles. The molecule has 0 bridgehead atoms. The van der Waals surface area contributed by atoms with Crippen molar-refractivity contribution < 1.29 is 9.53 Å². The van der Waals surface area contributed by atoms with E-state index < -0.39 is 0 Å². The number of ether oxygens (including phenoxy) is 1. The molecule has 1 aromatic carbocycles. The van der Waals surface area contributed by atoms with Gasteiger partial charge >= 0.3 is 5.97 Å². The lowest BCUT2D eigenvalue weighted by atomic mass is 9.97. The van der Waals surface area contributed by atoms with Crippen molar-refractivity contribution in [2.45, 2.75) is 26.7 Å². The first-order valence-electron chi connectivity index (χ1n) is 4.80. The summed E-state index contributed by atoms with van der Waals surface area (Å²) in [6, 6.07) is 8.16. The highest BCUT2D eigenvalue weighted by atomic mass is 16.5. The minimum atomic E-state index is -0.217. The van der Waals surface area contributed by atoms with Crippen molar-refractivity contribution in [2.75, 3.05) is 6.61 Å². The Hall–Kier alpha value is -1.31. The molecule has 0 aliphatic carbocycles. The fourth-order valence-electron chi connectivity index (χ4n) is 1.47. The molecule has 0 N–H and O–H groups in total. The van der Waals surface area contributed by atoms with E-state index in [4.69, 9.17) is 4.74 Å². The molecule has 0 saturated heterocycles. The Labute approximate surface area is 84.9 Å². The van der Waals surface area contributed by atoms with Crippen LogP contribution in [0.4, 0.5) is 0 Å². The maximum atomic E-state index is 10.6. The maximum absolute atomic E-state index is 10.6. The number of carbonyl (C=O) groups is 1. The molecule has 0 radical (unpaired) electrons. The van der Waals surface area contributed by atoms with Gasteiger partial charge in [0.15, 0.2) is 0 Å². The first-order chi connectivity index (χ1) is 6.61.